The third-order valence-electron chi connectivity index (χ3n) is 3.40. The quantitative estimate of drug-likeness (QED) is 0.461. The van der Waals surface area contributed by atoms with E-state index in [1.807, 2.05) is 0 Å². The number of aromatic nitrogens is 2. The summed E-state index contributed by atoms with van der Waals surface area (Å²) in [5, 5.41) is 13.4. The van der Waals surface area contributed by atoms with Gasteiger partial charge in [-0.2, -0.15) is 0 Å². The molecule has 0 radical (unpaired) electrons. The van der Waals surface area contributed by atoms with Gasteiger partial charge in [-0.15, -0.1) is 10.2 Å². The maximum Gasteiger partial charge on any atom is 0.287 e. The van der Waals surface area contributed by atoms with Crippen molar-refractivity contribution < 1.29 is 18.4 Å². The molecule has 0 saturated carbocycles. The second-order valence-electron chi connectivity index (χ2n) is 5.45. The number of benzene rings is 1. The van der Waals surface area contributed by atoms with Crippen molar-refractivity contribution in [1.29, 1.82) is 0 Å². The highest BCUT2D eigenvalue weighted by molar-refractivity contribution is 8.00. The van der Waals surface area contributed by atoms with Crippen LogP contribution >= 0.6 is 23.1 Å². The third kappa shape index (κ3) is 5.38. The number of furan rings is 1. The van der Waals surface area contributed by atoms with Gasteiger partial charge in [-0.25, -0.2) is 4.39 Å². The molecule has 0 aliphatic heterocycles. The maximum absolute atomic E-state index is 12.9. The van der Waals surface area contributed by atoms with Crippen LogP contribution in [-0.2, 0) is 10.5 Å². The smallest absolute Gasteiger partial charge is 0.287 e. The van der Waals surface area contributed by atoms with Crippen molar-refractivity contribution in [2.75, 3.05) is 5.32 Å². The molecular formula is C17H15FN4O3S2. The molecule has 0 fully saturated rings. The van der Waals surface area contributed by atoms with Gasteiger partial charge in [-0.1, -0.05) is 35.2 Å². The first-order chi connectivity index (χ1) is 13.0. The number of carbonyl (C=O) groups is 2. The highest BCUT2D eigenvalue weighted by atomic mass is 32.2. The predicted octanol–water partition coefficient (Wildman–Crippen LogP) is 3.32. The lowest BCUT2D eigenvalue weighted by Crippen LogP contribution is -2.41. The zero-order chi connectivity index (χ0) is 19.2. The Hall–Kier alpha value is -2.72. The fraction of sp³-hybridized carbons (Fsp3) is 0.176. The van der Waals surface area contributed by atoms with Crippen LogP contribution in [0, 0.1) is 5.82 Å². The number of amides is 2. The number of nitrogens with one attached hydrogen (secondary N) is 2. The van der Waals surface area contributed by atoms with Gasteiger partial charge < -0.3 is 9.73 Å². The van der Waals surface area contributed by atoms with Crippen molar-refractivity contribution in [3.63, 3.8) is 0 Å². The summed E-state index contributed by atoms with van der Waals surface area (Å²) in [7, 11) is 0. The Morgan fingerprint density at radius 1 is 1.26 bits per heavy atom. The van der Waals surface area contributed by atoms with Crippen LogP contribution in [0.15, 0.2) is 51.4 Å². The molecule has 0 unspecified atom stereocenters. The average molecular weight is 406 g/mol. The second-order valence-corrected chi connectivity index (χ2v) is 7.65. The largest absolute Gasteiger partial charge is 0.459 e. The van der Waals surface area contributed by atoms with Crippen LogP contribution in [-0.4, -0.2) is 28.1 Å². The van der Waals surface area contributed by atoms with Crippen molar-refractivity contribution in [1.82, 2.24) is 15.5 Å². The normalized spacial score (nSPS) is 11.8. The lowest BCUT2D eigenvalue weighted by atomic mass is 10.2. The molecule has 0 bridgehead atoms. The van der Waals surface area contributed by atoms with E-state index in [-0.39, 0.29) is 11.6 Å². The molecule has 2 heterocycles. The minimum absolute atomic E-state index is 0.130. The second kappa shape index (κ2) is 8.78. The van der Waals surface area contributed by atoms with E-state index in [9.17, 15) is 14.0 Å². The lowest BCUT2D eigenvalue weighted by Gasteiger charge is -2.11. The molecule has 2 N–H and O–H groups in total. The number of anilines is 1. The van der Waals surface area contributed by atoms with Crippen LogP contribution in [0.25, 0.3) is 0 Å². The summed E-state index contributed by atoms with van der Waals surface area (Å²) in [6.45, 7) is 1.56. The number of hydrogen-bond acceptors (Lipinski definition) is 7. The number of rotatable bonds is 7. The summed E-state index contributed by atoms with van der Waals surface area (Å²) in [5.74, 6) is -0.432. The Morgan fingerprint density at radius 3 is 2.74 bits per heavy atom. The van der Waals surface area contributed by atoms with Crippen molar-refractivity contribution in [2.24, 2.45) is 0 Å². The van der Waals surface area contributed by atoms with Gasteiger partial charge in [0.05, 0.1) is 6.26 Å². The van der Waals surface area contributed by atoms with Gasteiger partial charge in [0, 0.05) is 5.75 Å². The molecule has 1 atom stereocenters. The van der Waals surface area contributed by atoms with E-state index < -0.39 is 17.9 Å². The average Bonchev–Trinajstić information content (AvgIpc) is 3.33. The van der Waals surface area contributed by atoms with Gasteiger partial charge in [-0.05, 0) is 36.8 Å². The fourth-order valence-corrected chi connectivity index (χ4v) is 3.71. The molecule has 3 rings (SSSR count). The lowest BCUT2D eigenvalue weighted by molar-refractivity contribution is -0.117. The van der Waals surface area contributed by atoms with E-state index in [0.717, 1.165) is 5.56 Å². The molecule has 0 saturated heterocycles. The first-order valence-corrected chi connectivity index (χ1v) is 9.67. The number of hydrogen-bond donors (Lipinski definition) is 2. The number of nitrogens with zero attached hydrogens (tertiary/aromatic N) is 2. The Morgan fingerprint density at radius 2 is 2.04 bits per heavy atom. The van der Waals surface area contributed by atoms with E-state index in [1.54, 1.807) is 25.1 Å². The van der Waals surface area contributed by atoms with Gasteiger partial charge in [0.25, 0.3) is 5.91 Å². The minimum Gasteiger partial charge on any atom is -0.459 e. The van der Waals surface area contributed by atoms with Gasteiger partial charge in [0.2, 0.25) is 11.0 Å². The highest BCUT2D eigenvalue weighted by Crippen LogP contribution is 2.28. The topological polar surface area (TPSA) is 97.1 Å². The monoisotopic (exact) mass is 406 g/mol. The Kier molecular flexibility index (Phi) is 6.20. The van der Waals surface area contributed by atoms with E-state index >= 15 is 0 Å². The SMILES string of the molecule is C[C@@H](NC(=O)c1ccco1)C(=O)Nc1nnc(SCc2ccc(F)cc2)s1. The predicted molar refractivity (Wildman–Crippen MR) is 100 cm³/mol. The molecule has 0 spiro atoms. The highest BCUT2D eigenvalue weighted by Gasteiger charge is 2.19. The van der Waals surface area contributed by atoms with Crippen molar-refractivity contribution in [3.8, 4) is 0 Å². The molecule has 2 aromatic heterocycles. The van der Waals surface area contributed by atoms with E-state index in [1.165, 1.54) is 47.6 Å². The number of carbonyl (C=O) groups excluding carboxylic acids is 2. The number of thioether (sulfide) groups is 1. The Balaban J connectivity index is 1.49. The van der Waals surface area contributed by atoms with Crippen molar-refractivity contribution in [2.45, 2.75) is 23.1 Å². The first kappa shape index (κ1) is 19.1. The van der Waals surface area contributed by atoms with Crippen LogP contribution in [0.4, 0.5) is 9.52 Å². The summed E-state index contributed by atoms with van der Waals surface area (Å²) < 4.78 is 18.5. The molecule has 27 heavy (non-hydrogen) atoms. The zero-order valence-electron chi connectivity index (χ0n) is 14.1. The standard InChI is InChI=1S/C17H15FN4O3S2/c1-10(19-15(24)13-3-2-8-25-13)14(23)20-16-21-22-17(27-16)26-9-11-4-6-12(18)7-5-11/h2-8,10H,9H2,1H3,(H,19,24)(H,20,21,23)/t10-/m1/s1. The molecule has 10 heteroatoms. The van der Waals surface area contributed by atoms with E-state index in [0.29, 0.717) is 15.2 Å². The Bertz CT molecular complexity index is 913. The van der Waals surface area contributed by atoms with Crippen molar-refractivity contribution >= 4 is 40.0 Å². The van der Waals surface area contributed by atoms with Crippen molar-refractivity contribution in [3.05, 3.63) is 59.8 Å². The van der Waals surface area contributed by atoms with Gasteiger partial charge in [0.15, 0.2) is 10.1 Å². The van der Waals surface area contributed by atoms with E-state index in [4.69, 9.17) is 4.42 Å². The van der Waals surface area contributed by atoms with Gasteiger partial charge in [-0.3, -0.25) is 14.9 Å². The molecule has 0 aliphatic carbocycles. The zero-order valence-corrected chi connectivity index (χ0v) is 15.8. The van der Waals surface area contributed by atoms with E-state index in [2.05, 4.69) is 20.8 Å². The molecule has 3 aromatic rings. The minimum atomic E-state index is -0.776. The molecule has 0 aliphatic rings. The summed E-state index contributed by atoms with van der Waals surface area (Å²) in [5.41, 5.74) is 0.955. The summed E-state index contributed by atoms with van der Waals surface area (Å²) in [4.78, 5) is 24.1. The fourth-order valence-electron chi connectivity index (χ4n) is 2.00. The number of halogens is 1. The van der Waals surface area contributed by atoms with Crippen LogP contribution in [0.3, 0.4) is 0 Å². The maximum atomic E-state index is 12.9. The molecule has 2 amide bonds. The summed E-state index contributed by atoms with van der Waals surface area (Å²) in [6.07, 6.45) is 1.38. The first-order valence-electron chi connectivity index (χ1n) is 7.87. The van der Waals surface area contributed by atoms with Crippen LogP contribution < -0.4 is 10.6 Å². The van der Waals surface area contributed by atoms with Crippen LogP contribution in [0.1, 0.15) is 23.0 Å². The molecule has 7 nitrogen and oxygen atoms in total. The van der Waals surface area contributed by atoms with Gasteiger partial charge >= 0.3 is 0 Å². The third-order valence-corrected chi connectivity index (χ3v) is 5.44. The summed E-state index contributed by atoms with van der Waals surface area (Å²) >= 11 is 2.65. The molecular weight excluding hydrogens is 391 g/mol. The molecule has 140 valence electrons. The summed E-state index contributed by atoms with van der Waals surface area (Å²) in [6, 6.07) is 8.54. The van der Waals surface area contributed by atoms with Crippen LogP contribution in [0.5, 0.6) is 0 Å². The Labute approximate surface area is 162 Å². The van der Waals surface area contributed by atoms with Gasteiger partial charge in [0.1, 0.15) is 11.9 Å². The van der Waals surface area contributed by atoms with Crippen LogP contribution in [0.2, 0.25) is 0 Å². The molecule has 1 aromatic carbocycles.